The number of halogens is 2. The summed E-state index contributed by atoms with van der Waals surface area (Å²) in [5, 5.41) is 0. The molecular weight excluding hydrogens is 379 g/mol. The molecule has 0 aromatic heterocycles. The monoisotopic (exact) mass is 422 g/mol. The van der Waals surface area contributed by atoms with Gasteiger partial charge in [0.05, 0.1) is 20.6 Å². The molecule has 162 valence electrons. The molecule has 0 bridgehead atoms. The van der Waals surface area contributed by atoms with Crippen molar-refractivity contribution in [2.75, 3.05) is 33.8 Å². The predicted molar refractivity (Wildman–Crippen MR) is 112 cm³/mol. The van der Waals surface area contributed by atoms with Gasteiger partial charge in [-0.15, -0.1) is 0 Å². The summed E-state index contributed by atoms with van der Waals surface area (Å²) in [7, 11) is 4.64. The highest BCUT2D eigenvalue weighted by Gasteiger charge is 2.14. The van der Waals surface area contributed by atoms with Crippen LogP contribution in [0.2, 0.25) is 0 Å². The topological polar surface area (TPSA) is 45.7 Å². The van der Waals surface area contributed by atoms with Crippen LogP contribution in [0, 0.1) is 0 Å². The third kappa shape index (κ3) is 18.6. The molecule has 1 aromatic rings. The van der Waals surface area contributed by atoms with Crippen molar-refractivity contribution in [1.82, 2.24) is 6.15 Å². The molecule has 0 amide bonds. The summed E-state index contributed by atoms with van der Waals surface area (Å²) in [6.07, 6.45) is 14.1. The van der Waals surface area contributed by atoms with Gasteiger partial charge in [-0.25, -0.2) is 0 Å². The highest BCUT2D eigenvalue weighted by molar-refractivity contribution is 5.20. The molecule has 1 rings (SSSR count). The second-order valence-corrected chi connectivity index (χ2v) is 7.73. The van der Waals surface area contributed by atoms with Crippen LogP contribution in [-0.2, 0) is 0 Å². The van der Waals surface area contributed by atoms with E-state index in [1.807, 2.05) is 30.3 Å². The minimum atomic E-state index is 0. The van der Waals surface area contributed by atoms with Gasteiger partial charge in [-0.1, -0.05) is 76.5 Å². The molecule has 1 aromatic carbocycles. The van der Waals surface area contributed by atoms with Gasteiger partial charge in [-0.05, 0) is 25.0 Å². The fourth-order valence-corrected chi connectivity index (χ4v) is 3.07. The van der Waals surface area contributed by atoms with Crippen LogP contribution in [0.4, 0.5) is 0 Å². The summed E-state index contributed by atoms with van der Waals surface area (Å²) >= 11 is 0. The number of rotatable bonds is 15. The second kappa shape index (κ2) is 20.3. The van der Waals surface area contributed by atoms with Crippen LogP contribution in [-0.4, -0.2) is 38.3 Å². The number of unbranched alkanes of at least 4 members (excludes halogenated alkanes) is 9. The van der Waals surface area contributed by atoms with Crippen molar-refractivity contribution in [2.24, 2.45) is 0 Å². The van der Waals surface area contributed by atoms with Crippen LogP contribution in [0.15, 0.2) is 30.3 Å². The van der Waals surface area contributed by atoms with Crippen LogP contribution in [0.1, 0.15) is 71.1 Å². The molecule has 27 heavy (non-hydrogen) atoms. The van der Waals surface area contributed by atoms with Gasteiger partial charge in [0, 0.05) is 0 Å². The number of hydrogen-bond acceptors (Lipinski definition) is 1. The Morgan fingerprint density at radius 1 is 0.704 bits per heavy atom. The van der Waals surface area contributed by atoms with Crippen molar-refractivity contribution in [3.05, 3.63) is 30.3 Å². The maximum atomic E-state index is 5.83. The van der Waals surface area contributed by atoms with Crippen molar-refractivity contribution >= 4 is 0 Å². The van der Waals surface area contributed by atoms with Gasteiger partial charge in [0.15, 0.2) is 0 Å². The third-order valence-corrected chi connectivity index (χ3v) is 4.83. The molecule has 3 nitrogen and oxygen atoms in total. The Kier molecular flexibility index (Phi) is 23.4. The number of hydrogen-bond donors (Lipinski definition) is 1. The Morgan fingerprint density at radius 2 is 1.19 bits per heavy atom. The van der Waals surface area contributed by atoms with Crippen molar-refractivity contribution in [3.8, 4) is 5.75 Å². The summed E-state index contributed by atoms with van der Waals surface area (Å²) in [6, 6.07) is 10.1. The zero-order valence-electron chi connectivity index (χ0n) is 18.2. The largest absolute Gasteiger partial charge is 1.00 e. The van der Waals surface area contributed by atoms with Gasteiger partial charge in [0.25, 0.3) is 0 Å². The molecule has 4 N–H and O–H groups in total. The normalized spacial score (nSPS) is 10.3. The number of likely N-dealkylation sites (N-methyl/N-ethyl adjacent to an activating group) is 1. The van der Waals surface area contributed by atoms with Crippen LogP contribution in [0.25, 0.3) is 0 Å². The summed E-state index contributed by atoms with van der Waals surface area (Å²) in [5.41, 5.74) is 0. The summed E-state index contributed by atoms with van der Waals surface area (Å²) in [4.78, 5) is 0. The molecule has 0 aliphatic heterocycles. The number of benzene rings is 1. The highest BCUT2D eigenvalue weighted by Crippen LogP contribution is 2.12. The van der Waals surface area contributed by atoms with Gasteiger partial charge >= 0.3 is 0 Å². The highest BCUT2D eigenvalue weighted by atomic mass is 35.5. The maximum Gasteiger partial charge on any atom is 0.137 e. The molecule has 0 spiro atoms. The van der Waals surface area contributed by atoms with E-state index in [0.717, 1.165) is 23.4 Å². The van der Waals surface area contributed by atoms with Crippen LogP contribution >= 0.6 is 0 Å². The Labute approximate surface area is 181 Å². The Morgan fingerprint density at radius 3 is 1.70 bits per heavy atom. The fraction of sp³-hybridized carbons (Fsp3) is 0.727. The van der Waals surface area contributed by atoms with E-state index in [9.17, 15) is 0 Å². The molecule has 0 atom stereocenters. The van der Waals surface area contributed by atoms with Crippen molar-refractivity contribution in [2.45, 2.75) is 71.1 Å². The van der Waals surface area contributed by atoms with Gasteiger partial charge < -0.3 is 40.2 Å². The quantitative estimate of drug-likeness (QED) is 0.323. The number of quaternary nitrogens is 2. The lowest BCUT2D eigenvalue weighted by molar-refractivity contribution is -0.890. The van der Waals surface area contributed by atoms with Crippen LogP contribution in [0.5, 0.6) is 5.75 Å². The second-order valence-electron chi connectivity index (χ2n) is 7.73. The molecule has 0 saturated heterocycles. The first-order chi connectivity index (χ1) is 11.6. The average molecular weight is 424 g/mol. The molecule has 0 aliphatic carbocycles. The Bertz CT molecular complexity index is 403. The number of para-hydroxylation sites is 1. The first-order valence-electron chi connectivity index (χ1n) is 10.1. The summed E-state index contributed by atoms with van der Waals surface area (Å²) in [5.74, 6) is 0.983. The van der Waals surface area contributed by atoms with E-state index < -0.39 is 0 Å². The van der Waals surface area contributed by atoms with E-state index in [1.54, 1.807) is 0 Å². The SMILES string of the molecule is CCCCCCCCCCCC[N+](C)(C)CCOc1ccccc1.[Cl-].[Cl-].[NH4+]. The van der Waals surface area contributed by atoms with E-state index in [1.165, 1.54) is 70.8 Å². The number of ether oxygens (including phenoxy) is 1. The molecule has 0 radical (unpaired) electrons. The summed E-state index contributed by atoms with van der Waals surface area (Å²) in [6.45, 7) is 5.42. The van der Waals surface area contributed by atoms with Gasteiger partial charge in [0.1, 0.15) is 18.9 Å². The first kappa shape index (κ1) is 31.2. The summed E-state index contributed by atoms with van der Waals surface area (Å²) < 4.78 is 6.89. The number of nitrogens with zero attached hydrogens (tertiary/aromatic N) is 1. The van der Waals surface area contributed by atoms with E-state index in [2.05, 4.69) is 21.0 Å². The Hall–Kier alpha value is -0.480. The zero-order chi connectivity index (χ0) is 17.5. The predicted octanol–water partition coefficient (Wildman–Crippen LogP) is 0.447. The van der Waals surface area contributed by atoms with E-state index in [0.29, 0.717) is 0 Å². The maximum absolute atomic E-state index is 5.83. The molecular formula is C22H44Cl2N2O. The lowest BCUT2D eigenvalue weighted by Crippen LogP contribution is -3.00. The van der Waals surface area contributed by atoms with Crippen molar-refractivity contribution in [3.63, 3.8) is 0 Å². The van der Waals surface area contributed by atoms with Crippen molar-refractivity contribution < 1.29 is 34.0 Å². The zero-order valence-corrected chi connectivity index (χ0v) is 19.7. The molecule has 5 heteroatoms. The smallest absolute Gasteiger partial charge is 0.137 e. The molecule has 0 heterocycles. The molecule has 0 unspecified atom stereocenters. The molecule has 0 fully saturated rings. The third-order valence-electron chi connectivity index (χ3n) is 4.83. The van der Waals surface area contributed by atoms with E-state index in [-0.39, 0.29) is 31.0 Å². The first-order valence-corrected chi connectivity index (χ1v) is 10.1. The van der Waals surface area contributed by atoms with Crippen molar-refractivity contribution in [1.29, 1.82) is 0 Å². The Balaban J connectivity index is -0.00000192. The lowest BCUT2D eigenvalue weighted by atomic mass is 10.1. The molecule has 0 saturated carbocycles. The van der Waals surface area contributed by atoms with Gasteiger partial charge in [-0.2, -0.15) is 0 Å². The minimum absolute atomic E-state index is 0. The minimum Gasteiger partial charge on any atom is -1.00 e. The van der Waals surface area contributed by atoms with Gasteiger partial charge in [0.2, 0.25) is 0 Å². The molecule has 0 aliphatic rings. The van der Waals surface area contributed by atoms with Crippen LogP contribution < -0.4 is 35.7 Å². The fourth-order valence-electron chi connectivity index (χ4n) is 3.07. The van der Waals surface area contributed by atoms with Gasteiger partial charge in [-0.3, -0.25) is 0 Å². The standard InChI is InChI=1S/C22H40NO.2ClH.H3N/c1-4-5-6-7-8-9-10-11-12-16-19-23(2,3)20-21-24-22-17-14-13-15-18-22;;;/h13-15,17-18H,4-12,16,19-21H2,1-3H3;2*1H;1H3/q+1;;;/p-1. The van der Waals surface area contributed by atoms with E-state index >= 15 is 0 Å². The lowest BCUT2D eigenvalue weighted by Gasteiger charge is -2.29. The average Bonchev–Trinajstić information content (AvgIpc) is 2.57. The van der Waals surface area contributed by atoms with E-state index in [4.69, 9.17) is 4.74 Å². The van der Waals surface area contributed by atoms with Crippen LogP contribution in [0.3, 0.4) is 0 Å².